The van der Waals surface area contributed by atoms with E-state index in [9.17, 15) is 4.79 Å². The predicted molar refractivity (Wildman–Crippen MR) is 67.3 cm³/mol. The minimum Gasteiger partial charge on any atom is -0.299 e. The van der Waals surface area contributed by atoms with Gasteiger partial charge < -0.3 is 0 Å². The molecule has 4 aliphatic rings. The Bertz CT molecular complexity index is 431. The average molecular weight is 228 g/mol. The smallest absolute Gasteiger partial charge is 0.140 e. The van der Waals surface area contributed by atoms with Crippen molar-refractivity contribution in [2.45, 2.75) is 32.6 Å². The van der Waals surface area contributed by atoms with E-state index in [4.69, 9.17) is 0 Å². The Morgan fingerprint density at radius 1 is 1.12 bits per heavy atom. The van der Waals surface area contributed by atoms with Crippen molar-refractivity contribution in [1.29, 1.82) is 0 Å². The van der Waals surface area contributed by atoms with E-state index in [0.717, 1.165) is 18.3 Å². The molecule has 17 heavy (non-hydrogen) atoms. The number of hydrogen-bond donors (Lipinski definition) is 0. The van der Waals surface area contributed by atoms with E-state index >= 15 is 0 Å². The molecular formula is C16H20O. The molecule has 0 aromatic rings. The van der Waals surface area contributed by atoms with Crippen molar-refractivity contribution in [1.82, 2.24) is 0 Å². The zero-order valence-corrected chi connectivity index (χ0v) is 10.4. The van der Waals surface area contributed by atoms with Crippen molar-refractivity contribution in [2.75, 3.05) is 0 Å². The van der Waals surface area contributed by atoms with Crippen LogP contribution < -0.4 is 0 Å². The van der Waals surface area contributed by atoms with E-state index in [0.29, 0.717) is 23.5 Å². The summed E-state index contributed by atoms with van der Waals surface area (Å²) in [6.45, 7) is 2.22. The number of carbonyl (C=O) groups is 1. The lowest BCUT2D eigenvalue weighted by molar-refractivity contribution is -0.129. The molecule has 0 amide bonds. The van der Waals surface area contributed by atoms with Gasteiger partial charge in [-0.2, -0.15) is 0 Å². The molecule has 2 saturated carbocycles. The topological polar surface area (TPSA) is 17.1 Å². The largest absolute Gasteiger partial charge is 0.299 e. The molecule has 1 heteroatoms. The molecule has 0 saturated heterocycles. The monoisotopic (exact) mass is 228 g/mol. The minimum absolute atomic E-state index is 0.288. The third-order valence-electron chi connectivity index (χ3n) is 5.74. The maximum atomic E-state index is 12.7. The summed E-state index contributed by atoms with van der Waals surface area (Å²) in [5.74, 6) is 4.24. The molecule has 90 valence electrons. The Balaban J connectivity index is 1.71. The Morgan fingerprint density at radius 2 is 2.00 bits per heavy atom. The summed E-state index contributed by atoms with van der Waals surface area (Å²) < 4.78 is 0. The first-order valence-electron chi connectivity index (χ1n) is 7.12. The van der Waals surface area contributed by atoms with Crippen LogP contribution in [0.1, 0.15) is 32.6 Å². The number of Topliss-reactive ketones (excluding diaryl/α,β-unsaturated/α-hetero) is 1. The molecular weight excluding hydrogens is 208 g/mol. The van der Waals surface area contributed by atoms with E-state index in [1.807, 2.05) is 0 Å². The lowest BCUT2D eigenvalue weighted by Crippen LogP contribution is -2.32. The Kier molecular flexibility index (Phi) is 1.98. The van der Waals surface area contributed by atoms with E-state index in [-0.39, 0.29) is 5.92 Å². The summed E-state index contributed by atoms with van der Waals surface area (Å²) in [5, 5.41) is 0. The van der Waals surface area contributed by atoms with Crippen molar-refractivity contribution in [3.05, 3.63) is 23.8 Å². The third kappa shape index (κ3) is 1.34. The first-order chi connectivity index (χ1) is 8.25. The number of carbonyl (C=O) groups excluding carboxylic acids is 1. The van der Waals surface area contributed by atoms with Crippen LogP contribution in [-0.2, 0) is 4.79 Å². The molecule has 0 aromatic heterocycles. The van der Waals surface area contributed by atoms with E-state index in [1.54, 1.807) is 0 Å². The second kappa shape index (κ2) is 3.34. The Hall–Kier alpha value is -0.850. The van der Waals surface area contributed by atoms with Crippen LogP contribution in [0.5, 0.6) is 0 Å². The molecule has 0 heterocycles. The molecule has 4 rings (SSSR count). The summed E-state index contributed by atoms with van der Waals surface area (Å²) in [6, 6.07) is 0. The Morgan fingerprint density at radius 3 is 2.88 bits per heavy atom. The van der Waals surface area contributed by atoms with Gasteiger partial charge in [0.15, 0.2) is 0 Å². The molecule has 2 fully saturated rings. The van der Waals surface area contributed by atoms with E-state index in [1.165, 1.54) is 24.8 Å². The highest BCUT2D eigenvalue weighted by Crippen LogP contribution is 2.61. The zero-order valence-electron chi connectivity index (χ0n) is 10.4. The van der Waals surface area contributed by atoms with Gasteiger partial charge in [0, 0.05) is 17.8 Å². The zero-order chi connectivity index (χ0) is 11.6. The van der Waals surface area contributed by atoms with Crippen LogP contribution in [0.25, 0.3) is 0 Å². The standard InChI is InChI=1S/C16H20O/c1-9-5-6-12-14-7-10(14)8-15(12)16(17)13-4-2-3-11(9)13/h2-3,5,10-15H,4,6-8H2,1H3/t10-,11-,12+,13-,14-,15+/m1/s1. The van der Waals surface area contributed by atoms with E-state index in [2.05, 4.69) is 25.2 Å². The number of allylic oxidation sites excluding steroid dienone is 4. The lowest BCUT2D eigenvalue weighted by Gasteiger charge is -2.30. The molecule has 0 aromatic carbocycles. The number of fused-ring (bicyclic) bond motifs is 4. The number of rotatable bonds is 0. The molecule has 0 radical (unpaired) electrons. The molecule has 0 aliphatic heterocycles. The normalized spacial score (nSPS) is 51.1. The van der Waals surface area contributed by atoms with Gasteiger partial charge in [-0.1, -0.05) is 23.8 Å². The fraction of sp³-hybridized carbons (Fsp3) is 0.688. The second-order valence-electron chi connectivity index (χ2n) is 6.55. The van der Waals surface area contributed by atoms with Gasteiger partial charge in [-0.25, -0.2) is 0 Å². The van der Waals surface area contributed by atoms with Crippen LogP contribution in [-0.4, -0.2) is 5.78 Å². The molecule has 0 spiro atoms. The molecule has 0 bridgehead atoms. The van der Waals surface area contributed by atoms with E-state index < -0.39 is 0 Å². The van der Waals surface area contributed by atoms with Gasteiger partial charge in [0.25, 0.3) is 0 Å². The SMILES string of the molecule is CC1=CC[C@H]2[C@@H]3C[C@@H]3C[C@@H]2C(=O)[C@@H]2CC=C[C@H]12. The molecule has 0 N–H and O–H groups in total. The lowest BCUT2D eigenvalue weighted by atomic mass is 9.73. The molecule has 4 aliphatic carbocycles. The summed E-state index contributed by atoms with van der Waals surface area (Å²) >= 11 is 0. The van der Waals surface area contributed by atoms with Crippen LogP contribution in [0.2, 0.25) is 0 Å². The minimum atomic E-state index is 0.288. The van der Waals surface area contributed by atoms with Gasteiger partial charge in [0.05, 0.1) is 0 Å². The molecule has 6 atom stereocenters. The van der Waals surface area contributed by atoms with Crippen molar-refractivity contribution >= 4 is 5.78 Å². The summed E-state index contributed by atoms with van der Waals surface area (Å²) in [6.07, 6.45) is 11.7. The highest BCUT2D eigenvalue weighted by molar-refractivity contribution is 5.86. The third-order valence-corrected chi connectivity index (χ3v) is 5.74. The maximum Gasteiger partial charge on any atom is 0.140 e. The predicted octanol–water partition coefficient (Wildman–Crippen LogP) is 3.37. The maximum absolute atomic E-state index is 12.7. The van der Waals surface area contributed by atoms with Gasteiger partial charge in [-0.15, -0.1) is 0 Å². The van der Waals surface area contributed by atoms with Crippen LogP contribution >= 0.6 is 0 Å². The van der Waals surface area contributed by atoms with Crippen LogP contribution in [0.15, 0.2) is 23.8 Å². The Labute approximate surface area is 103 Å². The van der Waals surface area contributed by atoms with Gasteiger partial charge >= 0.3 is 0 Å². The highest BCUT2D eigenvalue weighted by Gasteiger charge is 2.56. The van der Waals surface area contributed by atoms with Crippen molar-refractivity contribution in [3.63, 3.8) is 0 Å². The first kappa shape index (κ1) is 10.1. The second-order valence-corrected chi connectivity index (χ2v) is 6.55. The van der Waals surface area contributed by atoms with Crippen LogP contribution in [0.3, 0.4) is 0 Å². The first-order valence-corrected chi connectivity index (χ1v) is 7.12. The van der Waals surface area contributed by atoms with Gasteiger partial charge in [-0.05, 0) is 50.4 Å². The van der Waals surface area contributed by atoms with Gasteiger partial charge in [0.2, 0.25) is 0 Å². The quantitative estimate of drug-likeness (QED) is 0.581. The fourth-order valence-electron chi connectivity index (χ4n) is 4.68. The molecule has 0 unspecified atom stereocenters. The van der Waals surface area contributed by atoms with Crippen molar-refractivity contribution in [2.24, 2.45) is 35.5 Å². The summed E-state index contributed by atoms with van der Waals surface area (Å²) in [7, 11) is 0. The average Bonchev–Trinajstić information content (AvgIpc) is 2.79. The number of ketones is 1. The van der Waals surface area contributed by atoms with Crippen molar-refractivity contribution in [3.8, 4) is 0 Å². The fourth-order valence-corrected chi connectivity index (χ4v) is 4.68. The van der Waals surface area contributed by atoms with Crippen molar-refractivity contribution < 1.29 is 4.79 Å². The van der Waals surface area contributed by atoms with Crippen LogP contribution in [0, 0.1) is 35.5 Å². The summed E-state index contributed by atoms with van der Waals surface area (Å²) in [4.78, 5) is 12.7. The van der Waals surface area contributed by atoms with Gasteiger partial charge in [0.1, 0.15) is 5.78 Å². The summed E-state index contributed by atoms with van der Waals surface area (Å²) in [5.41, 5.74) is 1.44. The van der Waals surface area contributed by atoms with Gasteiger partial charge in [-0.3, -0.25) is 4.79 Å². The highest BCUT2D eigenvalue weighted by atomic mass is 16.1. The molecule has 1 nitrogen and oxygen atoms in total. The number of hydrogen-bond acceptors (Lipinski definition) is 1. The van der Waals surface area contributed by atoms with Crippen LogP contribution in [0.4, 0.5) is 0 Å².